The number of benzene rings is 3. The van der Waals surface area contributed by atoms with E-state index in [4.69, 9.17) is 16.3 Å². The maximum absolute atomic E-state index is 14.1. The van der Waals surface area contributed by atoms with Crippen LogP contribution in [0.25, 0.3) is 0 Å². The first-order valence-electron chi connectivity index (χ1n) is 13.4. The first kappa shape index (κ1) is 27.2. The number of rotatable bonds is 7. The van der Waals surface area contributed by atoms with Gasteiger partial charge in [-0.25, -0.2) is 4.90 Å². The monoisotopic (exact) mass is 585 g/mol. The summed E-state index contributed by atoms with van der Waals surface area (Å²) in [6, 6.07) is 21.6. The molecule has 4 aromatic rings. The van der Waals surface area contributed by atoms with Crippen molar-refractivity contribution in [2.24, 2.45) is 0 Å². The van der Waals surface area contributed by atoms with Crippen molar-refractivity contribution in [3.05, 3.63) is 111 Å². The number of hydrogen-bond acceptors (Lipinski definition) is 7. The summed E-state index contributed by atoms with van der Waals surface area (Å²) < 4.78 is 5.28. The van der Waals surface area contributed by atoms with Gasteiger partial charge in [0, 0.05) is 53.9 Å². The minimum atomic E-state index is -0.406. The lowest BCUT2D eigenvalue weighted by molar-refractivity contribution is 0.0927. The van der Waals surface area contributed by atoms with Crippen molar-refractivity contribution in [3.8, 4) is 5.75 Å². The molecule has 0 saturated carbocycles. The Labute approximate surface area is 247 Å². The Kier molecular flexibility index (Phi) is 7.38. The van der Waals surface area contributed by atoms with Crippen molar-refractivity contribution in [3.63, 3.8) is 0 Å². The zero-order chi connectivity index (χ0) is 28.7. The number of methoxy groups -OCH3 is 1. The number of halogens is 1. The van der Waals surface area contributed by atoms with Gasteiger partial charge in [0.05, 0.1) is 23.8 Å². The molecule has 3 heterocycles. The number of piperazine rings is 1. The van der Waals surface area contributed by atoms with Crippen molar-refractivity contribution >= 4 is 51.2 Å². The van der Waals surface area contributed by atoms with E-state index in [-0.39, 0.29) is 5.78 Å². The molecule has 0 bridgehead atoms. The summed E-state index contributed by atoms with van der Waals surface area (Å²) in [4.78, 5) is 47.7. The summed E-state index contributed by atoms with van der Waals surface area (Å²) in [6.07, 6.45) is 0. The van der Waals surface area contributed by atoms with Gasteiger partial charge in [-0.15, -0.1) is 11.3 Å². The highest BCUT2D eigenvalue weighted by atomic mass is 35.5. The molecule has 208 valence electrons. The fourth-order valence-electron chi connectivity index (χ4n) is 5.44. The number of carbonyl (C=O) groups excluding carboxylic acids is 3. The second kappa shape index (κ2) is 11.1. The number of ether oxygens (including phenoxy) is 1. The summed E-state index contributed by atoms with van der Waals surface area (Å²) >= 11 is 7.42. The minimum absolute atomic E-state index is 0.232. The largest absolute Gasteiger partial charge is 0.497 e. The molecule has 2 aliphatic heterocycles. The number of thiophene rings is 1. The summed E-state index contributed by atoms with van der Waals surface area (Å²) in [5.74, 6) is -0.218. The highest BCUT2D eigenvalue weighted by Crippen LogP contribution is 2.41. The Morgan fingerprint density at radius 3 is 2.07 bits per heavy atom. The quantitative estimate of drug-likeness (QED) is 0.194. The van der Waals surface area contributed by atoms with Crippen molar-refractivity contribution in [2.45, 2.75) is 13.5 Å². The molecule has 0 unspecified atom stereocenters. The average Bonchev–Trinajstić information content (AvgIpc) is 3.45. The van der Waals surface area contributed by atoms with Gasteiger partial charge in [-0.2, -0.15) is 0 Å². The van der Waals surface area contributed by atoms with Crippen LogP contribution in [0.2, 0.25) is 5.02 Å². The summed E-state index contributed by atoms with van der Waals surface area (Å²) in [5, 5.41) is 0.902. The number of fused-ring (bicyclic) bond motifs is 1. The van der Waals surface area contributed by atoms with Crippen molar-refractivity contribution in [1.82, 2.24) is 4.90 Å². The molecule has 2 aliphatic rings. The van der Waals surface area contributed by atoms with Gasteiger partial charge >= 0.3 is 0 Å². The van der Waals surface area contributed by atoms with Crippen LogP contribution in [-0.4, -0.2) is 55.8 Å². The number of nitrogens with zero attached hydrogens (tertiary/aromatic N) is 3. The van der Waals surface area contributed by atoms with Gasteiger partial charge in [-0.05, 0) is 73.2 Å². The van der Waals surface area contributed by atoms with Gasteiger partial charge in [-0.3, -0.25) is 19.3 Å². The lowest BCUT2D eigenvalue weighted by atomic mass is 9.99. The van der Waals surface area contributed by atoms with Gasteiger partial charge in [0.1, 0.15) is 10.8 Å². The first-order chi connectivity index (χ1) is 19.9. The Bertz CT molecular complexity index is 1610. The fraction of sp³-hybridized carbons (Fsp3) is 0.219. The highest BCUT2D eigenvalue weighted by Gasteiger charge is 2.40. The van der Waals surface area contributed by atoms with Gasteiger partial charge in [0.2, 0.25) is 0 Å². The van der Waals surface area contributed by atoms with Gasteiger partial charge < -0.3 is 9.64 Å². The molecular weight excluding hydrogens is 558 g/mol. The number of imide groups is 1. The molecule has 9 heteroatoms. The van der Waals surface area contributed by atoms with Crippen LogP contribution in [-0.2, 0) is 6.54 Å². The average molecular weight is 586 g/mol. The lowest BCUT2D eigenvalue weighted by Gasteiger charge is -2.36. The molecule has 0 spiro atoms. The Morgan fingerprint density at radius 2 is 1.49 bits per heavy atom. The number of aryl methyl sites for hydroxylation is 1. The molecule has 41 heavy (non-hydrogen) atoms. The van der Waals surface area contributed by atoms with Crippen molar-refractivity contribution in [2.75, 3.05) is 43.1 Å². The van der Waals surface area contributed by atoms with Crippen molar-refractivity contribution < 1.29 is 19.1 Å². The molecule has 7 nitrogen and oxygen atoms in total. The molecule has 1 saturated heterocycles. The third-order valence-electron chi connectivity index (χ3n) is 7.71. The van der Waals surface area contributed by atoms with E-state index in [1.807, 2.05) is 19.1 Å². The molecule has 0 aliphatic carbocycles. The second-order valence-electron chi connectivity index (χ2n) is 10.1. The summed E-state index contributed by atoms with van der Waals surface area (Å²) in [7, 11) is 1.66. The molecule has 2 amide bonds. The van der Waals surface area contributed by atoms with E-state index in [0.29, 0.717) is 38.8 Å². The smallest absolute Gasteiger partial charge is 0.266 e. The number of hydrogen-bond donors (Lipinski definition) is 0. The van der Waals surface area contributed by atoms with Crippen LogP contribution in [0, 0.1) is 6.92 Å². The number of ketones is 1. The maximum atomic E-state index is 14.1. The van der Waals surface area contributed by atoms with E-state index >= 15 is 0 Å². The SMILES string of the molecule is COc1ccc(N2CCN(Cc3c(C)sc(N4C(=O)c5ccccc5C4=O)c3C(=O)c3ccc(Cl)cc3)CC2)cc1. The van der Waals surface area contributed by atoms with Crippen LogP contribution in [0.5, 0.6) is 5.75 Å². The zero-order valence-electron chi connectivity index (χ0n) is 22.7. The van der Waals surface area contributed by atoms with Gasteiger partial charge in [0.25, 0.3) is 11.8 Å². The molecule has 1 fully saturated rings. The molecule has 0 atom stereocenters. The predicted octanol–water partition coefficient (Wildman–Crippen LogP) is 6.07. The van der Waals surface area contributed by atoms with Crippen LogP contribution < -0.4 is 14.5 Å². The normalized spacial score (nSPS) is 15.4. The number of carbonyl (C=O) groups is 3. The summed E-state index contributed by atoms with van der Waals surface area (Å²) in [5.41, 5.74) is 3.55. The van der Waals surface area contributed by atoms with E-state index in [0.717, 1.165) is 48.1 Å². The second-order valence-corrected chi connectivity index (χ2v) is 11.7. The number of anilines is 2. The molecule has 0 N–H and O–H groups in total. The third-order valence-corrected chi connectivity index (χ3v) is 9.10. The van der Waals surface area contributed by atoms with E-state index in [2.05, 4.69) is 21.9 Å². The van der Waals surface area contributed by atoms with E-state index in [9.17, 15) is 14.4 Å². The van der Waals surface area contributed by atoms with Gasteiger partial charge in [0.15, 0.2) is 5.78 Å². The van der Waals surface area contributed by atoms with Crippen LogP contribution in [0.4, 0.5) is 10.7 Å². The van der Waals surface area contributed by atoms with Crippen molar-refractivity contribution in [1.29, 1.82) is 0 Å². The van der Waals surface area contributed by atoms with E-state index in [1.165, 1.54) is 16.2 Å². The fourth-order valence-corrected chi connectivity index (χ4v) is 6.73. The standard InChI is InChI=1S/C32H28ClN3O4S/c1-20-27(19-34-15-17-35(18-16-34)23-11-13-24(40-2)14-12-23)28(29(37)21-7-9-22(33)10-8-21)32(41-20)36-30(38)25-5-3-4-6-26(25)31(36)39/h3-14H,15-19H2,1-2H3. The highest BCUT2D eigenvalue weighted by molar-refractivity contribution is 7.17. The Balaban J connectivity index is 1.32. The third kappa shape index (κ3) is 5.03. The Hall–Kier alpha value is -3.98. The molecule has 0 radical (unpaired) electrons. The molecular formula is C32H28ClN3O4S. The van der Waals surface area contributed by atoms with Crippen LogP contribution in [0.15, 0.2) is 72.8 Å². The minimum Gasteiger partial charge on any atom is -0.497 e. The molecule has 6 rings (SSSR count). The topological polar surface area (TPSA) is 70.2 Å². The van der Waals surface area contributed by atoms with Crippen LogP contribution >= 0.6 is 22.9 Å². The van der Waals surface area contributed by atoms with Gasteiger partial charge in [-0.1, -0.05) is 23.7 Å². The van der Waals surface area contributed by atoms with Crippen LogP contribution in [0.3, 0.4) is 0 Å². The molecule has 1 aromatic heterocycles. The predicted molar refractivity (Wildman–Crippen MR) is 162 cm³/mol. The van der Waals surface area contributed by atoms with E-state index in [1.54, 1.807) is 55.6 Å². The van der Waals surface area contributed by atoms with Crippen LogP contribution in [0.1, 0.15) is 47.1 Å². The lowest BCUT2D eigenvalue weighted by Crippen LogP contribution is -2.46. The Morgan fingerprint density at radius 1 is 0.878 bits per heavy atom. The first-order valence-corrected chi connectivity index (χ1v) is 14.6. The van der Waals surface area contributed by atoms with E-state index < -0.39 is 11.8 Å². The zero-order valence-corrected chi connectivity index (χ0v) is 24.3. The maximum Gasteiger partial charge on any atom is 0.266 e. The molecule has 3 aromatic carbocycles. The number of amides is 2. The summed E-state index contributed by atoms with van der Waals surface area (Å²) in [6.45, 7) is 5.77.